The van der Waals surface area contributed by atoms with E-state index in [1.165, 1.54) is 6.92 Å². The van der Waals surface area contributed by atoms with Gasteiger partial charge in [0.05, 0.1) is 10.5 Å². The summed E-state index contributed by atoms with van der Waals surface area (Å²) in [6.45, 7) is 1.52. The van der Waals surface area contributed by atoms with Gasteiger partial charge in [-0.15, -0.1) is 0 Å². The van der Waals surface area contributed by atoms with Crippen LogP contribution in [0.5, 0.6) is 0 Å². The van der Waals surface area contributed by atoms with Crippen LogP contribution >= 0.6 is 11.6 Å². The lowest BCUT2D eigenvalue weighted by Gasteiger charge is -2.00. The van der Waals surface area contributed by atoms with E-state index >= 15 is 0 Å². The molecule has 0 saturated carbocycles. The van der Waals surface area contributed by atoms with Crippen LogP contribution in [-0.4, -0.2) is 10.5 Å². The summed E-state index contributed by atoms with van der Waals surface area (Å²) in [5, 5.41) is 1.60. The molecule has 1 heterocycles. The van der Waals surface area contributed by atoms with E-state index in [1.807, 2.05) is 18.2 Å². The SMILES string of the molecule is CC(=O)n1ccc2cccc(Cl)c21. The van der Waals surface area contributed by atoms with Crippen molar-refractivity contribution in [2.75, 3.05) is 0 Å². The number of benzene rings is 1. The molecule has 0 radical (unpaired) electrons. The molecule has 0 spiro atoms. The fourth-order valence-electron chi connectivity index (χ4n) is 1.41. The highest BCUT2D eigenvalue weighted by Crippen LogP contribution is 2.23. The van der Waals surface area contributed by atoms with Gasteiger partial charge in [-0.2, -0.15) is 0 Å². The fourth-order valence-corrected chi connectivity index (χ4v) is 1.69. The number of aromatic nitrogens is 1. The van der Waals surface area contributed by atoms with Gasteiger partial charge in [0.2, 0.25) is 5.91 Å². The molecule has 0 saturated heterocycles. The fraction of sp³-hybridized carbons (Fsp3) is 0.100. The number of fused-ring (bicyclic) bond motifs is 1. The van der Waals surface area contributed by atoms with Crippen molar-refractivity contribution >= 4 is 28.4 Å². The molecule has 0 aliphatic carbocycles. The van der Waals surface area contributed by atoms with Gasteiger partial charge >= 0.3 is 0 Å². The monoisotopic (exact) mass is 193 g/mol. The van der Waals surface area contributed by atoms with Crippen LogP contribution in [0.2, 0.25) is 5.02 Å². The van der Waals surface area contributed by atoms with E-state index in [4.69, 9.17) is 11.6 Å². The summed E-state index contributed by atoms with van der Waals surface area (Å²) >= 11 is 5.97. The van der Waals surface area contributed by atoms with Gasteiger partial charge in [0.25, 0.3) is 0 Å². The van der Waals surface area contributed by atoms with E-state index in [2.05, 4.69) is 0 Å². The maximum Gasteiger partial charge on any atom is 0.227 e. The van der Waals surface area contributed by atoms with Crippen molar-refractivity contribution < 1.29 is 4.79 Å². The second-order valence-electron chi connectivity index (χ2n) is 2.88. The molecule has 13 heavy (non-hydrogen) atoms. The Morgan fingerprint density at radius 3 is 2.85 bits per heavy atom. The molecule has 0 aliphatic heterocycles. The van der Waals surface area contributed by atoms with E-state index in [1.54, 1.807) is 16.8 Å². The third-order valence-corrected chi connectivity index (χ3v) is 2.31. The number of rotatable bonds is 0. The summed E-state index contributed by atoms with van der Waals surface area (Å²) in [5.74, 6) is -0.0249. The number of para-hydroxylation sites is 1. The van der Waals surface area contributed by atoms with E-state index < -0.39 is 0 Å². The highest BCUT2D eigenvalue weighted by atomic mass is 35.5. The molecule has 66 valence electrons. The zero-order valence-electron chi connectivity index (χ0n) is 7.12. The number of carbonyl (C=O) groups excluding carboxylic acids is 1. The molecule has 1 aromatic heterocycles. The molecule has 0 aliphatic rings. The van der Waals surface area contributed by atoms with Crippen LogP contribution < -0.4 is 0 Å². The first-order valence-corrected chi connectivity index (χ1v) is 4.34. The average Bonchev–Trinajstić information content (AvgIpc) is 2.49. The standard InChI is InChI=1S/C10H8ClNO/c1-7(13)12-6-5-8-3-2-4-9(11)10(8)12/h2-6H,1H3. The summed E-state index contributed by atoms with van der Waals surface area (Å²) in [7, 11) is 0. The van der Waals surface area contributed by atoms with Crippen molar-refractivity contribution in [3.8, 4) is 0 Å². The highest BCUT2D eigenvalue weighted by molar-refractivity contribution is 6.35. The molecular formula is C10H8ClNO. The molecule has 2 rings (SSSR count). The molecule has 0 amide bonds. The van der Waals surface area contributed by atoms with Gasteiger partial charge in [0, 0.05) is 18.5 Å². The molecule has 0 fully saturated rings. The Balaban J connectivity index is 2.86. The van der Waals surface area contributed by atoms with E-state index in [0.717, 1.165) is 10.9 Å². The van der Waals surface area contributed by atoms with Crippen molar-refractivity contribution in [1.29, 1.82) is 0 Å². The van der Waals surface area contributed by atoms with Gasteiger partial charge in [0.1, 0.15) is 0 Å². The largest absolute Gasteiger partial charge is 0.286 e. The highest BCUT2D eigenvalue weighted by Gasteiger charge is 2.06. The van der Waals surface area contributed by atoms with Crippen LogP contribution in [0.15, 0.2) is 30.5 Å². The molecule has 2 aromatic rings. The van der Waals surface area contributed by atoms with Crippen LogP contribution in [0, 0.1) is 0 Å². The maximum absolute atomic E-state index is 11.2. The maximum atomic E-state index is 11.2. The Labute approximate surface area is 80.7 Å². The lowest BCUT2D eigenvalue weighted by atomic mass is 10.2. The second-order valence-corrected chi connectivity index (χ2v) is 3.29. The minimum atomic E-state index is -0.0249. The molecule has 1 aromatic carbocycles. The lowest BCUT2D eigenvalue weighted by molar-refractivity contribution is 0.0941. The lowest BCUT2D eigenvalue weighted by Crippen LogP contribution is -2.02. The smallest absolute Gasteiger partial charge is 0.227 e. The van der Waals surface area contributed by atoms with Gasteiger partial charge in [-0.25, -0.2) is 0 Å². The number of hydrogen-bond acceptors (Lipinski definition) is 1. The van der Waals surface area contributed by atoms with Gasteiger partial charge in [0.15, 0.2) is 0 Å². The van der Waals surface area contributed by atoms with Gasteiger partial charge in [-0.3, -0.25) is 9.36 Å². The summed E-state index contributed by atoms with van der Waals surface area (Å²) < 4.78 is 1.55. The first-order chi connectivity index (χ1) is 6.20. The zero-order chi connectivity index (χ0) is 9.42. The van der Waals surface area contributed by atoms with Gasteiger partial charge in [-0.1, -0.05) is 23.7 Å². The van der Waals surface area contributed by atoms with Crippen LogP contribution in [0.4, 0.5) is 0 Å². The third-order valence-electron chi connectivity index (χ3n) is 2.00. The molecule has 2 nitrogen and oxygen atoms in total. The minimum Gasteiger partial charge on any atom is -0.286 e. The first-order valence-electron chi connectivity index (χ1n) is 3.96. The van der Waals surface area contributed by atoms with E-state index in [9.17, 15) is 4.79 Å². The average molecular weight is 194 g/mol. The molecule has 0 unspecified atom stereocenters. The zero-order valence-corrected chi connectivity index (χ0v) is 7.88. The van der Waals surface area contributed by atoms with E-state index in [-0.39, 0.29) is 5.91 Å². The Hall–Kier alpha value is -1.28. The quantitative estimate of drug-likeness (QED) is 0.631. The van der Waals surface area contributed by atoms with Crippen LogP contribution in [-0.2, 0) is 0 Å². The minimum absolute atomic E-state index is 0.0249. The van der Waals surface area contributed by atoms with Crippen molar-refractivity contribution in [1.82, 2.24) is 4.57 Å². The third kappa shape index (κ3) is 1.23. The molecule has 0 bridgehead atoms. The summed E-state index contributed by atoms with van der Waals surface area (Å²) in [4.78, 5) is 11.2. The van der Waals surface area contributed by atoms with Gasteiger partial charge < -0.3 is 0 Å². The topological polar surface area (TPSA) is 22.0 Å². The van der Waals surface area contributed by atoms with Crippen molar-refractivity contribution in [2.45, 2.75) is 6.92 Å². The Kier molecular flexibility index (Phi) is 1.85. The van der Waals surface area contributed by atoms with Crippen LogP contribution in [0.25, 0.3) is 10.9 Å². The number of carbonyl (C=O) groups is 1. The number of hydrogen-bond donors (Lipinski definition) is 0. The first kappa shape index (κ1) is 8.32. The summed E-state index contributed by atoms with van der Waals surface area (Å²) in [6, 6.07) is 7.46. The summed E-state index contributed by atoms with van der Waals surface area (Å²) in [6.07, 6.45) is 1.74. The van der Waals surface area contributed by atoms with Crippen molar-refractivity contribution in [3.63, 3.8) is 0 Å². The summed E-state index contributed by atoms with van der Waals surface area (Å²) in [5.41, 5.74) is 0.789. The predicted octanol–water partition coefficient (Wildman–Crippen LogP) is 2.95. The van der Waals surface area contributed by atoms with Gasteiger partial charge in [-0.05, 0) is 12.1 Å². The van der Waals surface area contributed by atoms with Crippen molar-refractivity contribution in [3.05, 3.63) is 35.5 Å². The number of nitrogens with zero attached hydrogens (tertiary/aromatic N) is 1. The predicted molar refractivity (Wildman–Crippen MR) is 53.2 cm³/mol. The molecular weight excluding hydrogens is 186 g/mol. The normalized spacial score (nSPS) is 10.6. The van der Waals surface area contributed by atoms with Crippen LogP contribution in [0.3, 0.4) is 0 Å². The van der Waals surface area contributed by atoms with E-state index in [0.29, 0.717) is 5.02 Å². The Bertz CT molecular complexity index is 473. The second kappa shape index (κ2) is 2.89. The Morgan fingerprint density at radius 2 is 2.15 bits per heavy atom. The Morgan fingerprint density at radius 1 is 1.38 bits per heavy atom. The van der Waals surface area contributed by atoms with Crippen molar-refractivity contribution in [2.24, 2.45) is 0 Å². The molecule has 0 N–H and O–H groups in total. The molecule has 0 atom stereocenters. The number of halogens is 1. The molecule has 3 heteroatoms. The van der Waals surface area contributed by atoms with Crippen LogP contribution in [0.1, 0.15) is 11.7 Å².